The molecule has 0 saturated heterocycles. The number of nitrogens with zero attached hydrogens (tertiary/aromatic N) is 1. The summed E-state index contributed by atoms with van der Waals surface area (Å²) in [4.78, 5) is 4.05. The highest BCUT2D eigenvalue weighted by Crippen LogP contribution is 2.25. The van der Waals surface area contributed by atoms with Gasteiger partial charge in [-0.15, -0.1) is 0 Å². The van der Waals surface area contributed by atoms with Crippen molar-refractivity contribution in [3.8, 4) is 0 Å². The standard InChI is InChI=1S/C17H18N2O/c1-12(14-7-9-18-10-8-14)19-13(2)17-11-15-5-3-4-6-16(15)20-17/h3-13,19H,1-2H3/t12-,13?/m0/s1. The summed E-state index contributed by atoms with van der Waals surface area (Å²) in [5, 5.41) is 4.70. The van der Waals surface area contributed by atoms with Crippen LogP contribution in [0.3, 0.4) is 0 Å². The number of nitrogens with one attached hydrogen (secondary N) is 1. The smallest absolute Gasteiger partial charge is 0.134 e. The van der Waals surface area contributed by atoms with Crippen LogP contribution in [-0.4, -0.2) is 4.98 Å². The van der Waals surface area contributed by atoms with Gasteiger partial charge in [0.25, 0.3) is 0 Å². The predicted molar refractivity (Wildman–Crippen MR) is 80.4 cm³/mol. The van der Waals surface area contributed by atoms with E-state index in [1.165, 1.54) is 5.56 Å². The fourth-order valence-electron chi connectivity index (χ4n) is 2.42. The average molecular weight is 266 g/mol. The maximum atomic E-state index is 5.89. The van der Waals surface area contributed by atoms with Crippen LogP contribution < -0.4 is 5.32 Å². The van der Waals surface area contributed by atoms with Crippen molar-refractivity contribution in [2.75, 3.05) is 0 Å². The highest BCUT2D eigenvalue weighted by atomic mass is 16.3. The molecule has 1 unspecified atom stereocenters. The molecule has 0 saturated carbocycles. The van der Waals surface area contributed by atoms with Gasteiger partial charge in [0, 0.05) is 23.8 Å². The molecule has 0 aliphatic rings. The molecule has 0 amide bonds. The van der Waals surface area contributed by atoms with Crippen molar-refractivity contribution in [2.24, 2.45) is 0 Å². The monoisotopic (exact) mass is 266 g/mol. The molecule has 0 bridgehead atoms. The van der Waals surface area contributed by atoms with Gasteiger partial charge in [-0.05, 0) is 43.7 Å². The zero-order valence-electron chi connectivity index (χ0n) is 11.7. The molecular weight excluding hydrogens is 248 g/mol. The molecule has 0 fully saturated rings. The number of benzene rings is 1. The van der Waals surface area contributed by atoms with Gasteiger partial charge >= 0.3 is 0 Å². The Balaban J connectivity index is 1.77. The van der Waals surface area contributed by atoms with Crippen molar-refractivity contribution >= 4 is 11.0 Å². The minimum Gasteiger partial charge on any atom is -0.459 e. The van der Waals surface area contributed by atoms with Crippen molar-refractivity contribution < 1.29 is 4.42 Å². The zero-order chi connectivity index (χ0) is 13.9. The minimum atomic E-state index is 0.158. The molecule has 0 spiro atoms. The van der Waals surface area contributed by atoms with Crippen LogP contribution in [0, 0.1) is 0 Å². The van der Waals surface area contributed by atoms with E-state index in [1.54, 1.807) is 0 Å². The maximum absolute atomic E-state index is 5.89. The summed E-state index contributed by atoms with van der Waals surface area (Å²) in [6, 6.07) is 14.7. The van der Waals surface area contributed by atoms with Crippen molar-refractivity contribution in [1.29, 1.82) is 0 Å². The number of para-hydroxylation sites is 1. The molecule has 0 radical (unpaired) electrons. The van der Waals surface area contributed by atoms with E-state index in [0.29, 0.717) is 0 Å². The Morgan fingerprint density at radius 1 is 1.00 bits per heavy atom. The van der Waals surface area contributed by atoms with Crippen LogP contribution in [-0.2, 0) is 0 Å². The van der Waals surface area contributed by atoms with E-state index in [4.69, 9.17) is 4.42 Å². The van der Waals surface area contributed by atoms with Gasteiger partial charge < -0.3 is 9.73 Å². The number of rotatable bonds is 4. The lowest BCUT2D eigenvalue weighted by Gasteiger charge is -2.18. The van der Waals surface area contributed by atoms with E-state index in [2.05, 4.69) is 36.3 Å². The molecule has 1 aromatic carbocycles. The first-order valence-corrected chi connectivity index (χ1v) is 6.88. The summed E-state index contributed by atoms with van der Waals surface area (Å²) in [6.45, 7) is 4.27. The fraction of sp³-hybridized carbons (Fsp3) is 0.235. The molecule has 20 heavy (non-hydrogen) atoms. The van der Waals surface area contributed by atoms with Crippen LogP contribution in [0.1, 0.15) is 37.3 Å². The van der Waals surface area contributed by atoms with Crippen LogP contribution in [0.15, 0.2) is 59.3 Å². The van der Waals surface area contributed by atoms with Crippen molar-refractivity contribution in [1.82, 2.24) is 10.3 Å². The minimum absolute atomic E-state index is 0.158. The quantitative estimate of drug-likeness (QED) is 0.767. The van der Waals surface area contributed by atoms with Crippen LogP contribution in [0.5, 0.6) is 0 Å². The normalized spacial score (nSPS) is 14.3. The van der Waals surface area contributed by atoms with E-state index in [-0.39, 0.29) is 12.1 Å². The highest BCUT2D eigenvalue weighted by molar-refractivity contribution is 5.77. The van der Waals surface area contributed by atoms with E-state index in [1.807, 2.05) is 42.7 Å². The summed E-state index contributed by atoms with van der Waals surface area (Å²) in [5.74, 6) is 0.965. The molecule has 1 N–H and O–H groups in total. The summed E-state index contributed by atoms with van der Waals surface area (Å²) in [7, 11) is 0. The molecule has 102 valence electrons. The average Bonchev–Trinajstić information content (AvgIpc) is 2.92. The fourth-order valence-corrected chi connectivity index (χ4v) is 2.42. The molecule has 2 heterocycles. The number of fused-ring (bicyclic) bond motifs is 1. The Morgan fingerprint density at radius 3 is 2.50 bits per heavy atom. The lowest BCUT2D eigenvalue weighted by molar-refractivity contribution is 0.417. The number of pyridine rings is 1. The second-order valence-corrected chi connectivity index (χ2v) is 5.08. The van der Waals surface area contributed by atoms with E-state index in [0.717, 1.165) is 16.7 Å². The first-order valence-electron chi connectivity index (χ1n) is 6.88. The lowest BCUT2D eigenvalue weighted by Crippen LogP contribution is -2.22. The Morgan fingerprint density at radius 2 is 1.75 bits per heavy atom. The van der Waals surface area contributed by atoms with Crippen LogP contribution in [0.25, 0.3) is 11.0 Å². The topological polar surface area (TPSA) is 38.1 Å². The van der Waals surface area contributed by atoms with Gasteiger partial charge in [0.1, 0.15) is 11.3 Å². The first kappa shape index (κ1) is 12.9. The second-order valence-electron chi connectivity index (χ2n) is 5.08. The van der Waals surface area contributed by atoms with Crippen LogP contribution in [0.2, 0.25) is 0 Å². The van der Waals surface area contributed by atoms with Gasteiger partial charge in [0.15, 0.2) is 0 Å². The summed E-state index contributed by atoms with van der Waals surface area (Å²) in [5.41, 5.74) is 2.16. The molecule has 3 aromatic rings. The van der Waals surface area contributed by atoms with Gasteiger partial charge in [-0.2, -0.15) is 0 Å². The van der Waals surface area contributed by atoms with Crippen molar-refractivity contribution in [2.45, 2.75) is 25.9 Å². The third-order valence-electron chi connectivity index (χ3n) is 3.58. The predicted octanol–water partition coefficient (Wildman–Crippen LogP) is 4.24. The number of hydrogen-bond donors (Lipinski definition) is 1. The van der Waals surface area contributed by atoms with Crippen LogP contribution >= 0.6 is 0 Å². The summed E-state index contributed by atoms with van der Waals surface area (Å²) in [6.07, 6.45) is 3.64. The third kappa shape index (κ3) is 2.58. The Labute approximate surface area is 118 Å². The molecular formula is C17H18N2O. The largest absolute Gasteiger partial charge is 0.459 e. The highest BCUT2D eigenvalue weighted by Gasteiger charge is 2.14. The zero-order valence-corrected chi connectivity index (χ0v) is 11.7. The summed E-state index contributed by atoms with van der Waals surface area (Å²) < 4.78 is 5.89. The molecule has 2 atom stereocenters. The van der Waals surface area contributed by atoms with E-state index in [9.17, 15) is 0 Å². The SMILES string of the molecule is CC(N[C@@H](C)c1ccncc1)c1cc2ccccc2o1. The Kier molecular flexibility index (Phi) is 3.52. The molecule has 0 aliphatic carbocycles. The van der Waals surface area contributed by atoms with Gasteiger partial charge in [0.2, 0.25) is 0 Å². The Hall–Kier alpha value is -2.13. The molecule has 3 heteroatoms. The number of hydrogen-bond acceptors (Lipinski definition) is 3. The second kappa shape index (κ2) is 5.47. The summed E-state index contributed by atoms with van der Waals surface area (Å²) >= 11 is 0. The number of furan rings is 1. The molecule has 2 aromatic heterocycles. The van der Waals surface area contributed by atoms with Crippen LogP contribution in [0.4, 0.5) is 0 Å². The third-order valence-corrected chi connectivity index (χ3v) is 3.58. The van der Waals surface area contributed by atoms with Crippen molar-refractivity contribution in [3.05, 3.63) is 66.2 Å². The number of aromatic nitrogens is 1. The van der Waals surface area contributed by atoms with Crippen molar-refractivity contribution in [3.63, 3.8) is 0 Å². The maximum Gasteiger partial charge on any atom is 0.134 e. The first-order chi connectivity index (χ1) is 9.74. The lowest BCUT2D eigenvalue weighted by atomic mass is 10.1. The molecule has 3 rings (SSSR count). The molecule has 3 nitrogen and oxygen atoms in total. The van der Waals surface area contributed by atoms with Gasteiger partial charge in [0.05, 0.1) is 6.04 Å². The van der Waals surface area contributed by atoms with E-state index < -0.39 is 0 Å². The van der Waals surface area contributed by atoms with Gasteiger partial charge in [-0.25, -0.2) is 0 Å². The Bertz CT molecular complexity index is 657. The van der Waals surface area contributed by atoms with Gasteiger partial charge in [-0.3, -0.25) is 4.98 Å². The van der Waals surface area contributed by atoms with Gasteiger partial charge in [-0.1, -0.05) is 18.2 Å². The van der Waals surface area contributed by atoms with E-state index >= 15 is 0 Å². The molecule has 0 aliphatic heterocycles.